The molecule has 1 heterocycles. The molecule has 0 fully saturated rings. The first-order valence-electron chi connectivity index (χ1n) is 5.80. The number of rotatable bonds is 6. The Kier molecular flexibility index (Phi) is 5.02. The molecule has 2 atom stereocenters. The molecule has 1 amide bonds. The number of nitrogens with one attached hydrogen (secondary N) is 1. The van der Waals surface area contributed by atoms with Crippen molar-refractivity contribution in [2.24, 2.45) is 5.92 Å². The van der Waals surface area contributed by atoms with Gasteiger partial charge in [-0.2, -0.15) is 0 Å². The highest BCUT2D eigenvalue weighted by Gasteiger charge is 2.22. The molecule has 2 N–H and O–H groups in total. The van der Waals surface area contributed by atoms with E-state index in [1.807, 2.05) is 0 Å². The lowest BCUT2D eigenvalue weighted by Gasteiger charge is -2.18. The van der Waals surface area contributed by atoms with Crippen LogP contribution in [0.15, 0.2) is 18.3 Å². The Morgan fingerprint density at radius 3 is 2.58 bits per heavy atom. The number of aliphatic carboxylic acids is 1. The number of amides is 1. The zero-order valence-electron chi connectivity index (χ0n) is 10.6. The summed E-state index contributed by atoms with van der Waals surface area (Å²) in [7, 11) is 0. The third-order valence-corrected chi connectivity index (χ3v) is 2.90. The van der Waals surface area contributed by atoms with Crippen molar-refractivity contribution in [2.75, 3.05) is 0 Å². The maximum absolute atomic E-state index is 12.3. The standard InChI is InChI=1S/C12H16F2N2O3/c1-7(12(18)19)8(2)15-11(17)9-4-3-5-16(9)6-10(13)14/h3-5,7-8,10H,6H2,1-2H3,(H,15,17)(H,18,19). The fourth-order valence-corrected chi connectivity index (χ4v) is 1.55. The van der Waals surface area contributed by atoms with E-state index >= 15 is 0 Å². The smallest absolute Gasteiger partial charge is 0.308 e. The quantitative estimate of drug-likeness (QED) is 0.827. The summed E-state index contributed by atoms with van der Waals surface area (Å²) in [5, 5.41) is 11.3. The monoisotopic (exact) mass is 274 g/mol. The van der Waals surface area contributed by atoms with Gasteiger partial charge in [0, 0.05) is 12.2 Å². The molecule has 0 spiro atoms. The van der Waals surface area contributed by atoms with E-state index in [0.29, 0.717) is 0 Å². The van der Waals surface area contributed by atoms with Crippen LogP contribution in [0.1, 0.15) is 24.3 Å². The average Bonchev–Trinajstić information content (AvgIpc) is 2.74. The third-order valence-electron chi connectivity index (χ3n) is 2.90. The van der Waals surface area contributed by atoms with Crippen LogP contribution in [-0.2, 0) is 11.3 Å². The normalized spacial score (nSPS) is 14.2. The van der Waals surface area contributed by atoms with Crippen molar-refractivity contribution in [1.82, 2.24) is 9.88 Å². The summed E-state index contributed by atoms with van der Waals surface area (Å²) in [5.41, 5.74) is 0.0877. The summed E-state index contributed by atoms with van der Waals surface area (Å²) in [6.07, 6.45) is -1.18. The number of hydrogen-bond acceptors (Lipinski definition) is 2. The van der Waals surface area contributed by atoms with Crippen LogP contribution in [0.2, 0.25) is 0 Å². The molecular formula is C12H16F2N2O3. The Morgan fingerprint density at radius 1 is 1.42 bits per heavy atom. The Labute approximate surface area is 109 Å². The molecule has 106 valence electrons. The first kappa shape index (κ1) is 15.1. The van der Waals surface area contributed by atoms with Crippen molar-refractivity contribution in [3.63, 3.8) is 0 Å². The fraction of sp³-hybridized carbons (Fsp3) is 0.500. The highest BCUT2D eigenvalue weighted by atomic mass is 19.3. The molecule has 1 rings (SSSR count). The minimum absolute atomic E-state index is 0.0877. The maximum atomic E-state index is 12.3. The maximum Gasteiger partial charge on any atom is 0.308 e. The molecule has 0 saturated carbocycles. The molecule has 0 aliphatic heterocycles. The first-order valence-corrected chi connectivity index (χ1v) is 5.80. The molecular weight excluding hydrogens is 258 g/mol. The predicted molar refractivity (Wildman–Crippen MR) is 64.2 cm³/mol. The van der Waals surface area contributed by atoms with Crippen molar-refractivity contribution in [3.8, 4) is 0 Å². The van der Waals surface area contributed by atoms with Crippen molar-refractivity contribution in [2.45, 2.75) is 32.9 Å². The molecule has 0 saturated heterocycles. The number of carboxylic acid groups (broad SMARTS) is 1. The Bertz CT molecular complexity index is 460. The second-order valence-corrected chi connectivity index (χ2v) is 4.33. The zero-order valence-corrected chi connectivity index (χ0v) is 10.6. The minimum atomic E-state index is -2.56. The molecule has 0 aromatic carbocycles. The van der Waals surface area contributed by atoms with E-state index in [2.05, 4.69) is 5.32 Å². The van der Waals surface area contributed by atoms with Crippen LogP contribution in [-0.4, -0.2) is 34.0 Å². The summed E-state index contributed by atoms with van der Waals surface area (Å²) < 4.78 is 25.8. The SMILES string of the molecule is CC(NC(=O)c1cccn1CC(F)F)C(C)C(=O)O. The number of nitrogens with zero attached hydrogens (tertiary/aromatic N) is 1. The van der Waals surface area contributed by atoms with Gasteiger partial charge in [-0.3, -0.25) is 9.59 Å². The number of alkyl halides is 2. The van der Waals surface area contributed by atoms with Gasteiger partial charge in [0.15, 0.2) is 0 Å². The Hall–Kier alpha value is -1.92. The van der Waals surface area contributed by atoms with Crippen LogP contribution in [0, 0.1) is 5.92 Å². The van der Waals surface area contributed by atoms with Gasteiger partial charge in [0.2, 0.25) is 0 Å². The van der Waals surface area contributed by atoms with E-state index in [4.69, 9.17) is 5.11 Å². The van der Waals surface area contributed by atoms with Gasteiger partial charge < -0.3 is 15.0 Å². The van der Waals surface area contributed by atoms with E-state index in [9.17, 15) is 18.4 Å². The van der Waals surface area contributed by atoms with Crippen LogP contribution in [0.25, 0.3) is 0 Å². The number of carbonyl (C=O) groups excluding carboxylic acids is 1. The predicted octanol–water partition coefficient (Wildman–Crippen LogP) is 1.59. The number of carbonyl (C=O) groups is 2. The zero-order chi connectivity index (χ0) is 14.6. The molecule has 2 unspecified atom stereocenters. The summed E-state index contributed by atoms with van der Waals surface area (Å²) in [4.78, 5) is 22.6. The van der Waals surface area contributed by atoms with Crippen LogP contribution in [0.3, 0.4) is 0 Å². The molecule has 0 radical (unpaired) electrons. The van der Waals surface area contributed by atoms with Gasteiger partial charge in [0.25, 0.3) is 12.3 Å². The van der Waals surface area contributed by atoms with Gasteiger partial charge in [-0.15, -0.1) is 0 Å². The molecule has 7 heteroatoms. The van der Waals surface area contributed by atoms with Crippen LogP contribution in [0.4, 0.5) is 8.78 Å². The van der Waals surface area contributed by atoms with Crippen molar-refractivity contribution >= 4 is 11.9 Å². The Balaban J connectivity index is 2.73. The number of aromatic nitrogens is 1. The third kappa shape index (κ3) is 4.04. The largest absolute Gasteiger partial charge is 0.481 e. The number of halogens is 2. The van der Waals surface area contributed by atoms with Gasteiger partial charge in [-0.25, -0.2) is 8.78 Å². The summed E-state index contributed by atoms with van der Waals surface area (Å²) in [6.45, 7) is 2.45. The van der Waals surface area contributed by atoms with Crippen LogP contribution in [0.5, 0.6) is 0 Å². The summed E-state index contributed by atoms with van der Waals surface area (Å²) in [6, 6.07) is 2.30. The average molecular weight is 274 g/mol. The van der Waals surface area contributed by atoms with E-state index < -0.39 is 36.8 Å². The van der Waals surface area contributed by atoms with E-state index in [-0.39, 0.29) is 5.69 Å². The van der Waals surface area contributed by atoms with Crippen molar-refractivity contribution in [1.29, 1.82) is 0 Å². The number of hydrogen-bond donors (Lipinski definition) is 2. The summed E-state index contributed by atoms with van der Waals surface area (Å²) >= 11 is 0. The fourth-order valence-electron chi connectivity index (χ4n) is 1.55. The molecule has 19 heavy (non-hydrogen) atoms. The molecule has 1 aromatic heterocycles. The lowest BCUT2D eigenvalue weighted by molar-refractivity contribution is -0.141. The second-order valence-electron chi connectivity index (χ2n) is 4.33. The minimum Gasteiger partial charge on any atom is -0.481 e. The van der Waals surface area contributed by atoms with Gasteiger partial charge in [-0.1, -0.05) is 0 Å². The lowest BCUT2D eigenvalue weighted by Crippen LogP contribution is -2.40. The highest BCUT2D eigenvalue weighted by Crippen LogP contribution is 2.08. The van der Waals surface area contributed by atoms with Crippen molar-refractivity contribution in [3.05, 3.63) is 24.0 Å². The molecule has 0 aliphatic carbocycles. The summed E-state index contributed by atoms with van der Waals surface area (Å²) in [5.74, 6) is -2.36. The van der Waals surface area contributed by atoms with Crippen molar-refractivity contribution < 1.29 is 23.5 Å². The highest BCUT2D eigenvalue weighted by molar-refractivity contribution is 5.93. The van der Waals surface area contributed by atoms with Crippen LogP contribution < -0.4 is 5.32 Å². The molecule has 0 bridgehead atoms. The first-order chi connectivity index (χ1) is 8.82. The second kappa shape index (κ2) is 6.31. The van der Waals surface area contributed by atoms with Gasteiger partial charge in [0.05, 0.1) is 12.5 Å². The Morgan fingerprint density at radius 2 is 2.05 bits per heavy atom. The molecule has 0 aliphatic rings. The molecule has 5 nitrogen and oxygen atoms in total. The van der Waals surface area contributed by atoms with Gasteiger partial charge in [-0.05, 0) is 26.0 Å². The van der Waals surface area contributed by atoms with Crippen LogP contribution >= 0.6 is 0 Å². The topological polar surface area (TPSA) is 71.3 Å². The van der Waals surface area contributed by atoms with E-state index in [0.717, 1.165) is 4.57 Å². The van der Waals surface area contributed by atoms with Gasteiger partial charge >= 0.3 is 5.97 Å². The van der Waals surface area contributed by atoms with E-state index in [1.54, 1.807) is 6.92 Å². The van der Waals surface area contributed by atoms with Gasteiger partial charge in [0.1, 0.15) is 5.69 Å². The number of carboxylic acids is 1. The lowest BCUT2D eigenvalue weighted by atomic mass is 10.0. The van der Waals surface area contributed by atoms with E-state index in [1.165, 1.54) is 25.3 Å². The molecule has 1 aromatic rings.